The molecule has 9 heteroatoms. The fraction of sp³-hybridized carbons (Fsp3) is 0.0870. The number of nitrogens with zero attached hydrogens (tertiary/aromatic N) is 2. The van der Waals surface area contributed by atoms with Gasteiger partial charge in [-0.05, 0) is 85.8 Å². The molecule has 6 nitrogen and oxygen atoms in total. The van der Waals surface area contributed by atoms with E-state index in [2.05, 4.69) is 10.3 Å². The molecule has 1 aliphatic rings. The summed E-state index contributed by atoms with van der Waals surface area (Å²) >= 11 is 13.3. The minimum atomic E-state index is -1.08. The Morgan fingerprint density at radius 1 is 1.12 bits per heavy atom. The SMILES string of the molecule is Cc1cc(/C=C2\SC(=Nc3ccc(Cl)cc3)NC2=O)c(C)n1-c1ccc(C(=O)O)c(Cl)c1. The number of benzene rings is 2. The van der Waals surface area contributed by atoms with Crippen LogP contribution in [0.5, 0.6) is 0 Å². The molecule has 1 aliphatic heterocycles. The predicted molar refractivity (Wildman–Crippen MR) is 129 cm³/mol. The number of hydrogen-bond acceptors (Lipinski definition) is 4. The van der Waals surface area contributed by atoms with Crippen LogP contribution in [0.1, 0.15) is 27.3 Å². The first-order chi connectivity index (χ1) is 15.2. The standard InChI is InChI=1S/C23H17Cl2N3O3S/c1-12-9-14(13(2)28(12)17-7-8-18(22(30)31)19(25)11-17)10-20-21(29)27-23(32-20)26-16-5-3-15(24)4-6-16/h3-11H,1-2H3,(H,30,31)(H,26,27,29)/b20-10-. The molecule has 0 unspecified atom stereocenters. The molecule has 0 saturated carbocycles. The van der Waals surface area contributed by atoms with Gasteiger partial charge >= 0.3 is 5.97 Å². The van der Waals surface area contributed by atoms with E-state index in [1.165, 1.54) is 17.8 Å². The smallest absolute Gasteiger partial charge is 0.337 e. The Kier molecular flexibility index (Phi) is 6.15. The first-order valence-electron chi connectivity index (χ1n) is 9.50. The Bertz CT molecular complexity index is 1310. The van der Waals surface area contributed by atoms with Crippen molar-refractivity contribution in [2.45, 2.75) is 13.8 Å². The van der Waals surface area contributed by atoms with Crippen molar-refractivity contribution in [2.24, 2.45) is 4.99 Å². The van der Waals surface area contributed by atoms with E-state index in [1.807, 2.05) is 30.6 Å². The van der Waals surface area contributed by atoms with E-state index in [0.29, 0.717) is 20.8 Å². The third kappa shape index (κ3) is 4.46. The van der Waals surface area contributed by atoms with Gasteiger partial charge in [-0.25, -0.2) is 9.79 Å². The summed E-state index contributed by atoms with van der Waals surface area (Å²) in [6.45, 7) is 3.86. The van der Waals surface area contributed by atoms with Crippen LogP contribution in [0.15, 0.2) is 58.4 Å². The maximum Gasteiger partial charge on any atom is 0.337 e. The number of amides is 1. The average Bonchev–Trinajstić information content (AvgIpc) is 3.21. The molecule has 1 saturated heterocycles. The monoisotopic (exact) mass is 485 g/mol. The van der Waals surface area contributed by atoms with Crippen molar-refractivity contribution in [1.29, 1.82) is 0 Å². The Balaban J connectivity index is 1.64. The van der Waals surface area contributed by atoms with E-state index < -0.39 is 5.97 Å². The highest BCUT2D eigenvalue weighted by Crippen LogP contribution is 2.31. The number of aromatic carboxylic acids is 1. The predicted octanol–water partition coefficient (Wildman–Crippen LogP) is 5.99. The molecule has 32 heavy (non-hydrogen) atoms. The molecule has 1 aromatic heterocycles. The van der Waals surface area contributed by atoms with Gasteiger partial charge in [0.2, 0.25) is 0 Å². The molecule has 3 aromatic rings. The summed E-state index contributed by atoms with van der Waals surface area (Å²) in [4.78, 5) is 28.7. The zero-order valence-electron chi connectivity index (χ0n) is 17.0. The first-order valence-corrected chi connectivity index (χ1v) is 11.1. The number of aliphatic imine (C=N–C) groups is 1. The fourth-order valence-electron chi connectivity index (χ4n) is 3.40. The van der Waals surface area contributed by atoms with Crippen molar-refractivity contribution in [3.8, 4) is 5.69 Å². The van der Waals surface area contributed by atoms with Crippen molar-refractivity contribution in [3.63, 3.8) is 0 Å². The molecule has 2 N–H and O–H groups in total. The van der Waals surface area contributed by atoms with Crippen molar-refractivity contribution in [3.05, 3.63) is 86.0 Å². The average molecular weight is 486 g/mol. The molecule has 2 heterocycles. The number of carbonyl (C=O) groups excluding carboxylic acids is 1. The topological polar surface area (TPSA) is 83.7 Å². The third-order valence-corrected chi connectivity index (χ3v) is 6.38. The van der Waals surface area contributed by atoms with Crippen molar-refractivity contribution in [2.75, 3.05) is 0 Å². The molecule has 1 amide bonds. The van der Waals surface area contributed by atoms with Crippen LogP contribution in [0.3, 0.4) is 0 Å². The van der Waals surface area contributed by atoms with Crippen LogP contribution in [0.4, 0.5) is 5.69 Å². The van der Waals surface area contributed by atoms with Crippen LogP contribution in [0.25, 0.3) is 11.8 Å². The van der Waals surface area contributed by atoms with Crippen molar-refractivity contribution < 1.29 is 14.7 Å². The second-order valence-electron chi connectivity index (χ2n) is 7.09. The summed E-state index contributed by atoms with van der Waals surface area (Å²) in [6.07, 6.45) is 1.82. The van der Waals surface area contributed by atoms with Gasteiger partial charge in [0.25, 0.3) is 5.91 Å². The molecular formula is C23H17Cl2N3O3S. The zero-order chi connectivity index (χ0) is 23.0. The van der Waals surface area contributed by atoms with E-state index in [-0.39, 0.29) is 16.5 Å². The number of aryl methyl sites for hydroxylation is 1. The van der Waals surface area contributed by atoms with Gasteiger partial charge in [-0.15, -0.1) is 0 Å². The number of halogens is 2. The summed E-state index contributed by atoms with van der Waals surface area (Å²) in [6, 6.07) is 13.8. The highest BCUT2D eigenvalue weighted by molar-refractivity contribution is 8.18. The molecule has 2 aromatic carbocycles. The molecule has 162 valence electrons. The molecular weight excluding hydrogens is 469 g/mol. The Hall–Kier alpha value is -3.00. The van der Waals surface area contributed by atoms with Crippen molar-refractivity contribution in [1.82, 2.24) is 9.88 Å². The molecule has 0 spiro atoms. The molecule has 1 fully saturated rings. The summed E-state index contributed by atoms with van der Waals surface area (Å²) in [5.74, 6) is -1.30. The van der Waals surface area contributed by atoms with Gasteiger partial charge in [-0.1, -0.05) is 23.2 Å². The number of carboxylic acid groups (broad SMARTS) is 1. The van der Waals surface area contributed by atoms with Gasteiger partial charge < -0.3 is 15.0 Å². The van der Waals surface area contributed by atoms with E-state index in [0.717, 1.165) is 22.6 Å². The van der Waals surface area contributed by atoms with Crippen LogP contribution in [0, 0.1) is 13.8 Å². The molecule has 0 atom stereocenters. The quantitative estimate of drug-likeness (QED) is 0.444. The van der Waals surface area contributed by atoms with Crippen LogP contribution >= 0.6 is 35.0 Å². The van der Waals surface area contributed by atoms with Crippen LogP contribution < -0.4 is 5.32 Å². The molecule has 0 radical (unpaired) electrons. The minimum absolute atomic E-state index is 0.0479. The minimum Gasteiger partial charge on any atom is -0.478 e. The lowest BCUT2D eigenvalue weighted by Gasteiger charge is -2.11. The largest absolute Gasteiger partial charge is 0.478 e. The van der Waals surface area contributed by atoms with Gasteiger partial charge in [-0.3, -0.25) is 4.79 Å². The highest BCUT2D eigenvalue weighted by atomic mass is 35.5. The number of nitrogens with one attached hydrogen (secondary N) is 1. The van der Waals surface area contributed by atoms with E-state index in [1.54, 1.807) is 36.4 Å². The van der Waals surface area contributed by atoms with Gasteiger partial charge in [-0.2, -0.15) is 0 Å². The Morgan fingerprint density at radius 2 is 1.84 bits per heavy atom. The summed E-state index contributed by atoms with van der Waals surface area (Å²) in [7, 11) is 0. The van der Waals surface area contributed by atoms with Gasteiger partial charge in [0.1, 0.15) is 0 Å². The second kappa shape index (κ2) is 8.86. The normalized spacial score (nSPS) is 16.1. The summed E-state index contributed by atoms with van der Waals surface area (Å²) < 4.78 is 1.96. The lowest BCUT2D eigenvalue weighted by Crippen LogP contribution is -2.19. The van der Waals surface area contributed by atoms with Crippen molar-refractivity contribution >= 4 is 63.8 Å². The van der Waals surface area contributed by atoms with E-state index >= 15 is 0 Å². The molecule has 0 bridgehead atoms. The van der Waals surface area contributed by atoms with Crippen LogP contribution in [0.2, 0.25) is 10.0 Å². The Labute approximate surface area is 198 Å². The summed E-state index contributed by atoms with van der Waals surface area (Å²) in [5.41, 5.74) is 4.17. The van der Waals surface area contributed by atoms with E-state index in [4.69, 9.17) is 23.2 Å². The maximum absolute atomic E-state index is 12.5. The first kappa shape index (κ1) is 22.2. The Morgan fingerprint density at radius 3 is 2.50 bits per heavy atom. The maximum atomic E-state index is 12.5. The fourth-order valence-corrected chi connectivity index (χ4v) is 4.62. The number of carbonyl (C=O) groups is 2. The van der Waals surface area contributed by atoms with Crippen LogP contribution in [-0.4, -0.2) is 26.7 Å². The van der Waals surface area contributed by atoms with E-state index in [9.17, 15) is 14.7 Å². The number of thioether (sulfide) groups is 1. The van der Waals surface area contributed by atoms with Gasteiger partial charge in [0.15, 0.2) is 5.17 Å². The number of rotatable bonds is 4. The number of aromatic nitrogens is 1. The van der Waals surface area contributed by atoms with Crippen LogP contribution in [-0.2, 0) is 4.79 Å². The third-order valence-electron chi connectivity index (χ3n) is 4.91. The highest BCUT2D eigenvalue weighted by Gasteiger charge is 2.24. The zero-order valence-corrected chi connectivity index (χ0v) is 19.3. The molecule has 4 rings (SSSR count). The lowest BCUT2D eigenvalue weighted by molar-refractivity contribution is -0.115. The number of amidine groups is 1. The summed E-state index contributed by atoms with van der Waals surface area (Å²) in [5, 5.41) is 13.2. The van der Waals surface area contributed by atoms with Gasteiger partial charge in [0.05, 0.1) is 21.2 Å². The second-order valence-corrected chi connectivity index (χ2v) is 8.96. The lowest BCUT2D eigenvalue weighted by atomic mass is 10.2. The number of hydrogen-bond donors (Lipinski definition) is 2. The van der Waals surface area contributed by atoms with Gasteiger partial charge in [0, 0.05) is 22.1 Å². The molecule has 0 aliphatic carbocycles. The number of carboxylic acids is 1.